The molecule has 8 heteroatoms. The van der Waals surface area contributed by atoms with Gasteiger partial charge in [0.25, 0.3) is 11.8 Å². The molecule has 0 bridgehead atoms. The molecular formula is C23H22N4O4. The van der Waals surface area contributed by atoms with Crippen molar-refractivity contribution in [2.75, 3.05) is 13.7 Å². The highest BCUT2D eigenvalue weighted by atomic mass is 16.5. The fourth-order valence-electron chi connectivity index (χ4n) is 3.23. The molecule has 3 N–H and O–H groups in total. The number of carbonyl (C=O) groups is 2. The second-order valence-electron chi connectivity index (χ2n) is 7.25. The topological polar surface area (TPSA) is 116 Å². The van der Waals surface area contributed by atoms with Crippen LogP contribution in [0.2, 0.25) is 0 Å². The van der Waals surface area contributed by atoms with Gasteiger partial charge in [-0.3, -0.25) is 14.6 Å². The van der Waals surface area contributed by atoms with Crippen LogP contribution in [0.1, 0.15) is 40.4 Å². The van der Waals surface area contributed by atoms with Crippen molar-refractivity contribution in [1.29, 1.82) is 0 Å². The van der Waals surface area contributed by atoms with Crippen LogP contribution in [-0.4, -0.2) is 36.7 Å². The molecule has 0 radical (unpaired) electrons. The van der Waals surface area contributed by atoms with Crippen molar-refractivity contribution in [1.82, 2.24) is 10.4 Å². The molecule has 4 rings (SSSR count). The summed E-state index contributed by atoms with van der Waals surface area (Å²) in [6.07, 6.45) is 3.71. The fourth-order valence-corrected chi connectivity index (χ4v) is 3.23. The summed E-state index contributed by atoms with van der Waals surface area (Å²) < 4.78 is 10.6. The van der Waals surface area contributed by atoms with Gasteiger partial charge in [-0.15, -0.1) is 0 Å². The van der Waals surface area contributed by atoms with Gasteiger partial charge in [0.2, 0.25) is 0 Å². The van der Waals surface area contributed by atoms with Crippen LogP contribution >= 0.6 is 0 Å². The predicted octanol–water partition coefficient (Wildman–Crippen LogP) is 2.75. The number of aromatic nitrogens is 1. The van der Waals surface area contributed by atoms with Gasteiger partial charge in [0.05, 0.1) is 24.4 Å². The SMILES string of the molecule is COc1cc(C=NNC(=O)c2cc(C3CC3)nc3ccccc23)ccc1OCC(N)=O. The van der Waals surface area contributed by atoms with Crippen LogP contribution in [0, 0.1) is 0 Å². The van der Waals surface area contributed by atoms with Gasteiger partial charge >= 0.3 is 0 Å². The summed E-state index contributed by atoms with van der Waals surface area (Å²) in [4.78, 5) is 28.4. The third-order valence-corrected chi connectivity index (χ3v) is 4.91. The van der Waals surface area contributed by atoms with E-state index in [2.05, 4.69) is 15.5 Å². The van der Waals surface area contributed by atoms with Crippen molar-refractivity contribution in [3.05, 3.63) is 65.4 Å². The van der Waals surface area contributed by atoms with Crippen LogP contribution in [0.5, 0.6) is 11.5 Å². The number of rotatable bonds is 8. The van der Waals surface area contributed by atoms with Gasteiger partial charge in [-0.2, -0.15) is 5.10 Å². The maximum atomic E-state index is 12.8. The lowest BCUT2D eigenvalue weighted by atomic mass is 10.1. The van der Waals surface area contributed by atoms with Crippen LogP contribution in [0.3, 0.4) is 0 Å². The van der Waals surface area contributed by atoms with E-state index < -0.39 is 5.91 Å². The molecule has 0 unspecified atom stereocenters. The number of nitrogens with one attached hydrogen (secondary N) is 1. The maximum Gasteiger partial charge on any atom is 0.272 e. The minimum absolute atomic E-state index is 0.247. The number of nitrogens with zero attached hydrogens (tertiary/aromatic N) is 2. The number of carbonyl (C=O) groups excluding carboxylic acids is 2. The molecule has 3 aromatic rings. The summed E-state index contributed by atoms with van der Waals surface area (Å²) in [5, 5.41) is 4.87. The lowest BCUT2D eigenvalue weighted by molar-refractivity contribution is -0.119. The zero-order valence-electron chi connectivity index (χ0n) is 17.0. The van der Waals surface area contributed by atoms with Gasteiger partial charge in [-0.1, -0.05) is 18.2 Å². The van der Waals surface area contributed by atoms with Crippen LogP contribution in [0.25, 0.3) is 10.9 Å². The molecule has 1 aliphatic rings. The van der Waals surface area contributed by atoms with Crippen molar-refractivity contribution in [2.45, 2.75) is 18.8 Å². The van der Waals surface area contributed by atoms with E-state index in [0.717, 1.165) is 29.4 Å². The van der Waals surface area contributed by atoms with E-state index in [4.69, 9.17) is 15.2 Å². The van der Waals surface area contributed by atoms with E-state index in [1.165, 1.54) is 13.3 Å². The van der Waals surface area contributed by atoms with E-state index in [-0.39, 0.29) is 12.5 Å². The van der Waals surface area contributed by atoms with Gasteiger partial charge in [-0.05, 0) is 48.7 Å². The summed E-state index contributed by atoms with van der Waals surface area (Å²) in [7, 11) is 1.49. The Bertz CT molecular complexity index is 1170. The molecule has 31 heavy (non-hydrogen) atoms. The molecule has 0 saturated heterocycles. The zero-order valence-corrected chi connectivity index (χ0v) is 17.0. The number of hydrogen-bond donors (Lipinski definition) is 2. The van der Waals surface area contributed by atoms with Gasteiger partial charge in [-0.25, -0.2) is 5.43 Å². The highest BCUT2D eigenvalue weighted by Crippen LogP contribution is 2.40. The second-order valence-corrected chi connectivity index (χ2v) is 7.25. The molecular weight excluding hydrogens is 396 g/mol. The number of primary amides is 1. The Morgan fingerprint density at radius 1 is 1.19 bits per heavy atom. The Balaban J connectivity index is 1.50. The summed E-state index contributed by atoms with van der Waals surface area (Å²) in [5.74, 6) is 0.362. The minimum atomic E-state index is -0.580. The van der Waals surface area contributed by atoms with E-state index in [9.17, 15) is 9.59 Å². The normalized spacial score (nSPS) is 13.3. The average molecular weight is 418 g/mol. The standard InChI is InChI=1S/C23H22N4O4/c1-30-21-10-14(6-9-20(21)31-13-22(24)28)12-25-27-23(29)17-11-19(15-7-8-15)26-18-5-3-2-4-16(17)18/h2-6,9-12,15H,7-8,13H2,1H3,(H2,24,28)(H,27,29). The summed E-state index contributed by atoms with van der Waals surface area (Å²) >= 11 is 0. The number of methoxy groups -OCH3 is 1. The smallest absolute Gasteiger partial charge is 0.272 e. The van der Waals surface area contributed by atoms with Gasteiger partial charge < -0.3 is 15.2 Å². The van der Waals surface area contributed by atoms with E-state index in [1.54, 1.807) is 18.2 Å². The molecule has 8 nitrogen and oxygen atoms in total. The number of hydrazone groups is 1. The Labute approximate surface area is 179 Å². The average Bonchev–Trinajstić information content (AvgIpc) is 3.62. The first-order chi connectivity index (χ1) is 15.0. The Kier molecular flexibility index (Phi) is 5.79. The Hall–Kier alpha value is -3.94. The van der Waals surface area contributed by atoms with E-state index in [0.29, 0.717) is 28.5 Å². The second kappa shape index (κ2) is 8.83. The number of ether oxygens (including phenoxy) is 2. The highest BCUT2D eigenvalue weighted by molar-refractivity contribution is 6.06. The first-order valence-corrected chi connectivity index (χ1v) is 9.87. The van der Waals surface area contributed by atoms with Crippen molar-refractivity contribution in [3.8, 4) is 11.5 Å². The third-order valence-electron chi connectivity index (χ3n) is 4.91. The monoisotopic (exact) mass is 418 g/mol. The number of nitrogens with two attached hydrogens (primary N) is 1. The Morgan fingerprint density at radius 2 is 2.00 bits per heavy atom. The van der Waals surface area contributed by atoms with Gasteiger partial charge in [0.15, 0.2) is 18.1 Å². The van der Waals surface area contributed by atoms with E-state index in [1.807, 2.05) is 30.3 Å². The fraction of sp³-hybridized carbons (Fsp3) is 0.217. The first kappa shape index (κ1) is 20.3. The van der Waals surface area contributed by atoms with Gasteiger partial charge in [0, 0.05) is 17.0 Å². The number of fused-ring (bicyclic) bond motifs is 1. The summed E-state index contributed by atoms with van der Waals surface area (Å²) in [5.41, 5.74) is 10.7. The largest absolute Gasteiger partial charge is 0.493 e. The zero-order chi connectivity index (χ0) is 21.8. The molecule has 2 amide bonds. The lowest BCUT2D eigenvalue weighted by Crippen LogP contribution is -2.20. The Morgan fingerprint density at radius 3 is 2.74 bits per heavy atom. The maximum absolute atomic E-state index is 12.8. The van der Waals surface area contributed by atoms with Crippen LogP contribution in [0.15, 0.2) is 53.6 Å². The molecule has 1 saturated carbocycles. The summed E-state index contributed by atoms with van der Waals surface area (Å²) in [6, 6.07) is 14.5. The van der Waals surface area contributed by atoms with Crippen molar-refractivity contribution >= 4 is 28.9 Å². The number of para-hydroxylation sites is 1. The van der Waals surface area contributed by atoms with Crippen LogP contribution < -0.4 is 20.6 Å². The molecule has 158 valence electrons. The highest BCUT2D eigenvalue weighted by Gasteiger charge is 2.26. The van der Waals surface area contributed by atoms with Gasteiger partial charge in [0.1, 0.15) is 0 Å². The molecule has 0 spiro atoms. The quantitative estimate of drug-likeness (QED) is 0.431. The summed E-state index contributed by atoms with van der Waals surface area (Å²) in [6.45, 7) is -0.247. The van der Waals surface area contributed by atoms with Crippen molar-refractivity contribution < 1.29 is 19.1 Å². The van der Waals surface area contributed by atoms with E-state index >= 15 is 0 Å². The number of hydrogen-bond acceptors (Lipinski definition) is 6. The predicted molar refractivity (Wildman–Crippen MR) is 116 cm³/mol. The van der Waals surface area contributed by atoms with Crippen molar-refractivity contribution in [2.24, 2.45) is 10.8 Å². The molecule has 1 aromatic heterocycles. The molecule has 1 heterocycles. The molecule has 0 atom stereocenters. The molecule has 1 aliphatic carbocycles. The molecule has 0 aliphatic heterocycles. The minimum Gasteiger partial charge on any atom is -0.493 e. The molecule has 2 aromatic carbocycles. The lowest BCUT2D eigenvalue weighted by Gasteiger charge is -2.10. The first-order valence-electron chi connectivity index (χ1n) is 9.87. The third kappa shape index (κ3) is 4.80. The molecule has 1 fully saturated rings. The number of pyridine rings is 1. The van der Waals surface area contributed by atoms with Crippen LogP contribution in [-0.2, 0) is 4.79 Å². The number of benzene rings is 2. The van der Waals surface area contributed by atoms with Crippen molar-refractivity contribution in [3.63, 3.8) is 0 Å². The number of amides is 2. The van der Waals surface area contributed by atoms with Crippen LogP contribution in [0.4, 0.5) is 0 Å².